The first kappa shape index (κ1) is 6.66. The van der Waals surface area contributed by atoms with Crippen LogP contribution in [0.3, 0.4) is 0 Å². The predicted octanol–water partition coefficient (Wildman–Crippen LogP) is 1.01. The van der Waals surface area contributed by atoms with Crippen LogP contribution in [0.25, 0.3) is 0 Å². The van der Waals surface area contributed by atoms with Crippen LogP contribution in [-0.2, 0) is 6.42 Å². The van der Waals surface area contributed by atoms with Gasteiger partial charge in [0.1, 0.15) is 0 Å². The van der Waals surface area contributed by atoms with Crippen LogP contribution < -0.4 is 5.32 Å². The van der Waals surface area contributed by atoms with E-state index in [0.29, 0.717) is 6.04 Å². The number of nitrogens with zero attached hydrogens (tertiary/aromatic N) is 1. The van der Waals surface area contributed by atoms with Gasteiger partial charge in [-0.05, 0) is 31.7 Å². The Bertz CT molecular complexity index is 292. The van der Waals surface area contributed by atoms with Crippen molar-refractivity contribution in [2.24, 2.45) is 5.92 Å². The number of hydrogen-bond donors (Lipinski definition) is 2. The van der Waals surface area contributed by atoms with Crippen molar-refractivity contribution in [2.75, 3.05) is 6.54 Å². The zero-order valence-electron chi connectivity index (χ0n) is 7.01. The van der Waals surface area contributed by atoms with Gasteiger partial charge in [0.25, 0.3) is 0 Å². The van der Waals surface area contributed by atoms with Crippen molar-refractivity contribution in [3.8, 4) is 0 Å². The molecule has 1 aliphatic carbocycles. The molecule has 0 bridgehead atoms. The van der Waals surface area contributed by atoms with E-state index < -0.39 is 0 Å². The van der Waals surface area contributed by atoms with Gasteiger partial charge in [-0.2, -0.15) is 5.10 Å². The Morgan fingerprint density at radius 3 is 3.42 bits per heavy atom. The highest BCUT2D eigenvalue weighted by atomic mass is 15.1. The Morgan fingerprint density at radius 1 is 1.42 bits per heavy atom. The fourth-order valence-electron chi connectivity index (χ4n) is 2.55. The van der Waals surface area contributed by atoms with Gasteiger partial charge in [0.2, 0.25) is 0 Å². The van der Waals surface area contributed by atoms with E-state index in [1.807, 2.05) is 6.20 Å². The first-order valence-electron chi connectivity index (χ1n) is 4.70. The molecule has 1 fully saturated rings. The van der Waals surface area contributed by atoms with Crippen LogP contribution in [-0.4, -0.2) is 16.7 Å². The topological polar surface area (TPSA) is 40.7 Å². The lowest BCUT2D eigenvalue weighted by Crippen LogP contribution is -2.22. The second-order valence-electron chi connectivity index (χ2n) is 3.82. The summed E-state index contributed by atoms with van der Waals surface area (Å²) >= 11 is 0. The van der Waals surface area contributed by atoms with Gasteiger partial charge in [-0.1, -0.05) is 0 Å². The Labute approximate surface area is 71.6 Å². The molecule has 3 nitrogen and oxygen atoms in total. The van der Waals surface area contributed by atoms with Crippen LogP contribution in [0.4, 0.5) is 0 Å². The zero-order valence-corrected chi connectivity index (χ0v) is 7.01. The van der Waals surface area contributed by atoms with Gasteiger partial charge in [0.15, 0.2) is 0 Å². The minimum atomic E-state index is 0.604. The van der Waals surface area contributed by atoms with E-state index in [4.69, 9.17) is 0 Å². The maximum Gasteiger partial charge on any atom is 0.0538 e. The molecule has 2 atom stereocenters. The van der Waals surface area contributed by atoms with Gasteiger partial charge in [-0.3, -0.25) is 5.10 Å². The van der Waals surface area contributed by atoms with Crippen LogP contribution >= 0.6 is 0 Å². The normalized spacial score (nSPS) is 33.0. The van der Waals surface area contributed by atoms with Crippen molar-refractivity contribution >= 4 is 0 Å². The molecule has 3 heteroatoms. The molecule has 3 rings (SSSR count). The Hall–Kier alpha value is -0.830. The quantitative estimate of drug-likeness (QED) is 0.599. The minimum absolute atomic E-state index is 0.604. The molecule has 2 heterocycles. The van der Waals surface area contributed by atoms with Crippen LogP contribution in [0.5, 0.6) is 0 Å². The highest BCUT2D eigenvalue weighted by molar-refractivity contribution is 5.25. The molecular formula is C9H13N3. The second-order valence-corrected chi connectivity index (χ2v) is 3.82. The number of fused-ring (bicyclic) bond motifs is 3. The summed E-state index contributed by atoms with van der Waals surface area (Å²) in [6, 6.07) is 0.604. The molecule has 0 radical (unpaired) electrons. The summed E-state index contributed by atoms with van der Waals surface area (Å²) in [5, 5.41) is 10.7. The first-order chi connectivity index (χ1) is 5.95. The number of aromatic amines is 1. The van der Waals surface area contributed by atoms with Crippen molar-refractivity contribution in [3.63, 3.8) is 0 Å². The third kappa shape index (κ3) is 0.771. The first-order valence-corrected chi connectivity index (χ1v) is 4.70. The molecule has 2 aliphatic rings. The average molecular weight is 163 g/mol. The van der Waals surface area contributed by atoms with E-state index in [-0.39, 0.29) is 0 Å². The molecular weight excluding hydrogens is 150 g/mol. The van der Waals surface area contributed by atoms with Crippen molar-refractivity contribution in [1.29, 1.82) is 0 Å². The molecule has 0 amide bonds. The average Bonchev–Trinajstić information content (AvgIpc) is 2.71. The van der Waals surface area contributed by atoms with Crippen molar-refractivity contribution in [3.05, 3.63) is 17.5 Å². The number of aryl methyl sites for hydroxylation is 1. The van der Waals surface area contributed by atoms with Gasteiger partial charge < -0.3 is 5.32 Å². The molecule has 2 N–H and O–H groups in total. The molecule has 2 unspecified atom stereocenters. The van der Waals surface area contributed by atoms with E-state index in [9.17, 15) is 0 Å². The largest absolute Gasteiger partial charge is 0.310 e. The zero-order chi connectivity index (χ0) is 7.97. The highest BCUT2D eigenvalue weighted by Gasteiger charge is 2.33. The summed E-state index contributed by atoms with van der Waals surface area (Å²) in [7, 11) is 0. The number of hydrogen-bond acceptors (Lipinski definition) is 2. The van der Waals surface area contributed by atoms with Crippen LogP contribution in [0.15, 0.2) is 6.20 Å². The van der Waals surface area contributed by atoms with E-state index in [0.717, 1.165) is 5.92 Å². The van der Waals surface area contributed by atoms with Gasteiger partial charge in [0, 0.05) is 17.3 Å². The molecule has 12 heavy (non-hydrogen) atoms. The number of nitrogens with one attached hydrogen (secondary N) is 2. The molecule has 1 saturated heterocycles. The lowest BCUT2D eigenvalue weighted by molar-refractivity contribution is 0.404. The van der Waals surface area contributed by atoms with Crippen molar-refractivity contribution in [2.45, 2.75) is 25.3 Å². The minimum Gasteiger partial charge on any atom is -0.310 e. The molecule has 1 aromatic heterocycles. The monoisotopic (exact) mass is 163 g/mol. The van der Waals surface area contributed by atoms with E-state index in [1.54, 1.807) is 0 Å². The number of H-pyrrole nitrogens is 1. The van der Waals surface area contributed by atoms with Gasteiger partial charge in [-0.15, -0.1) is 0 Å². The summed E-state index contributed by atoms with van der Waals surface area (Å²) < 4.78 is 0. The SMILES string of the molecule is c1n[nH]c2c1C1NCCC1CC2. The summed E-state index contributed by atoms with van der Waals surface area (Å²) in [6.45, 7) is 1.18. The Morgan fingerprint density at radius 2 is 2.42 bits per heavy atom. The summed E-state index contributed by atoms with van der Waals surface area (Å²) in [5.74, 6) is 0.870. The molecule has 0 saturated carbocycles. The summed E-state index contributed by atoms with van der Waals surface area (Å²) in [6.07, 6.45) is 5.85. The molecule has 1 aliphatic heterocycles. The van der Waals surface area contributed by atoms with Crippen LogP contribution in [0.1, 0.15) is 30.1 Å². The van der Waals surface area contributed by atoms with Gasteiger partial charge >= 0.3 is 0 Å². The smallest absolute Gasteiger partial charge is 0.0538 e. The van der Waals surface area contributed by atoms with Crippen LogP contribution in [0.2, 0.25) is 0 Å². The fraction of sp³-hybridized carbons (Fsp3) is 0.667. The van der Waals surface area contributed by atoms with E-state index >= 15 is 0 Å². The third-order valence-electron chi connectivity index (χ3n) is 3.20. The lowest BCUT2D eigenvalue weighted by Gasteiger charge is -2.24. The highest BCUT2D eigenvalue weighted by Crippen LogP contribution is 2.38. The van der Waals surface area contributed by atoms with Crippen molar-refractivity contribution < 1.29 is 0 Å². The van der Waals surface area contributed by atoms with Gasteiger partial charge in [0.05, 0.1) is 6.20 Å². The maximum absolute atomic E-state index is 4.10. The van der Waals surface area contributed by atoms with Crippen molar-refractivity contribution in [1.82, 2.24) is 15.5 Å². The second kappa shape index (κ2) is 2.33. The molecule has 0 spiro atoms. The Kier molecular flexibility index (Phi) is 1.29. The predicted molar refractivity (Wildman–Crippen MR) is 45.8 cm³/mol. The fourth-order valence-corrected chi connectivity index (χ4v) is 2.55. The molecule has 1 aromatic rings. The summed E-state index contributed by atoms with van der Waals surface area (Å²) in [4.78, 5) is 0. The maximum atomic E-state index is 4.10. The van der Waals surface area contributed by atoms with Crippen LogP contribution in [0, 0.1) is 5.92 Å². The summed E-state index contributed by atoms with van der Waals surface area (Å²) in [5.41, 5.74) is 2.77. The van der Waals surface area contributed by atoms with E-state index in [2.05, 4.69) is 15.5 Å². The molecule has 64 valence electrons. The number of rotatable bonds is 0. The molecule has 0 aromatic carbocycles. The number of aromatic nitrogens is 2. The lowest BCUT2D eigenvalue weighted by atomic mass is 9.84. The van der Waals surface area contributed by atoms with E-state index in [1.165, 1.54) is 37.1 Å². The third-order valence-corrected chi connectivity index (χ3v) is 3.20. The Balaban J connectivity index is 2.04. The van der Waals surface area contributed by atoms with Gasteiger partial charge in [-0.25, -0.2) is 0 Å². The standard InChI is InChI=1S/C9H13N3/c1-2-8-7(5-11-12-8)9-6(1)3-4-10-9/h5-6,9-10H,1-4H2,(H,11,12).